The first-order valence-corrected chi connectivity index (χ1v) is 10.3. The highest BCUT2D eigenvalue weighted by Crippen LogP contribution is 2.24. The molecule has 1 fully saturated rings. The number of hydrogen-bond acceptors (Lipinski definition) is 4. The summed E-state index contributed by atoms with van der Waals surface area (Å²) in [5.74, 6) is -2.30. The molecule has 1 heterocycles. The van der Waals surface area contributed by atoms with Crippen LogP contribution in [-0.2, 0) is 10.0 Å². The third-order valence-corrected chi connectivity index (χ3v) is 6.44. The van der Waals surface area contributed by atoms with E-state index in [1.54, 1.807) is 0 Å². The number of hydrogen-bond donors (Lipinski definition) is 2. The number of halogens is 2. The van der Waals surface area contributed by atoms with Crippen molar-refractivity contribution in [2.24, 2.45) is 0 Å². The van der Waals surface area contributed by atoms with Crippen molar-refractivity contribution in [3.05, 3.63) is 64.4 Å². The van der Waals surface area contributed by atoms with E-state index in [1.807, 2.05) is 0 Å². The lowest BCUT2D eigenvalue weighted by Gasteiger charge is -2.16. The highest BCUT2D eigenvalue weighted by molar-refractivity contribution is 7.89. The number of hydrazine groups is 1. The Morgan fingerprint density at radius 1 is 0.929 bits per heavy atom. The number of nitrogens with zero attached hydrogens (tertiary/aromatic N) is 1. The van der Waals surface area contributed by atoms with E-state index in [1.165, 1.54) is 28.6 Å². The van der Waals surface area contributed by atoms with E-state index in [2.05, 4.69) is 10.9 Å². The van der Waals surface area contributed by atoms with Gasteiger partial charge in [0.1, 0.15) is 10.7 Å². The topological polar surface area (TPSA) is 95.6 Å². The van der Waals surface area contributed by atoms with Crippen LogP contribution in [0.1, 0.15) is 33.6 Å². The van der Waals surface area contributed by atoms with Gasteiger partial charge >= 0.3 is 0 Å². The first-order valence-electron chi connectivity index (χ1n) is 8.45. The van der Waals surface area contributed by atoms with Crippen LogP contribution in [0.2, 0.25) is 5.02 Å². The molecule has 148 valence electrons. The van der Waals surface area contributed by atoms with E-state index >= 15 is 0 Å². The summed E-state index contributed by atoms with van der Waals surface area (Å²) in [6, 6.07) is 9.01. The van der Waals surface area contributed by atoms with Crippen LogP contribution < -0.4 is 10.9 Å². The molecule has 1 aliphatic rings. The van der Waals surface area contributed by atoms with Crippen LogP contribution in [0.15, 0.2) is 47.4 Å². The summed E-state index contributed by atoms with van der Waals surface area (Å²) in [6.45, 7) is 0.630. The summed E-state index contributed by atoms with van der Waals surface area (Å²) >= 11 is 5.75. The number of benzene rings is 2. The van der Waals surface area contributed by atoms with E-state index in [4.69, 9.17) is 11.6 Å². The molecule has 1 aliphatic heterocycles. The summed E-state index contributed by atoms with van der Waals surface area (Å²) < 4.78 is 40.5. The number of nitrogens with one attached hydrogen (secondary N) is 2. The number of carbonyl (C=O) groups excluding carboxylic acids is 2. The molecule has 1 saturated heterocycles. The minimum atomic E-state index is -4.03. The number of rotatable bonds is 4. The monoisotopic (exact) mass is 425 g/mol. The molecule has 28 heavy (non-hydrogen) atoms. The summed E-state index contributed by atoms with van der Waals surface area (Å²) in [7, 11) is -4.03. The van der Waals surface area contributed by atoms with Gasteiger partial charge in [-0.1, -0.05) is 11.6 Å². The zero-order valence-electron chi connectivity index (χ0n) is 14.6. The van der Waals surface area contributed by atoms with E-state index < -0.39 is 32.6 Å². The molecule has 0 bridgehead atoms. The van der Waals surface area contributed by atoms with Crippen LogP contribution >= 0.6 is 11.6 Å². The van der Waals surface area contributed by atoms with Crippen molar-refractivity contribution in [2.45, 2.75) is 17.7 Å². The van der Waals surface area contributed by atoms with E-state index in [0.717, 1.165) is 18.2 Å². The third-order valence-electron chi connectivity index (χ3n) is 4.27. The first-order chi connectivity index (χ1) is 13.3. The molecule has 0 aromatic heterocycles. The van der Waals surface area contributed by atoms with Gasteiger partial charge in [0, 0.05) is 29.2 Å². The van der Waals surface area contributed by atoms with E-state index in [0.29, 0.717) is 31.0 Å². The predicted octanol–water partition coefficient (Wildman–Crippen LogP) is 2.34. The third kappa shape index (κ3) is 4.32. The second kappa shape index (κ2) is 8.26. The van der Waals surface area contributed by atoms with Crippen molar-refractivity contribution in [3.63, 3.8) is 0 Å². The summed E-state index contributed by atoms with van der Waals surface area (Å²) in [5, 5.41) is 0.457. The van der Waals surface area contributed by atoms with E-state index in [-0.39, 0.29) is 11.1 Å². The number of amides is 2. The van der Waals surface area contributed by atoms with Crippen molar-refractivity contribution < 1.29 is 22.4 Å². The zero-order valence-corrected chi connectivity index (χ0v) is 16.2. The predicted molar refractivity (Wildman–Crippen MR) is 101 cm³/mol. The van der Waals surface area contributed by atoms with Crippen molar-refractivity contribution in [2.75, 3.05) is 13.1 Å². The maximum Gasteiger partial charge on any atom is 0.269 e. The fourth-order valence-corrected chi connectivity index (χ4v) is 4.50. The molecule has 2 amide bonds. The summed E-state index contributed by atoms with van der Waals surface area (Å²) in [4.78, 5) is 23.7. The number of sulfonamides is 1. The lowest BCUT2D eigenvalue weighted by Crippen LogP contribution is -2.41. The van der Waals surface area contributed by atoms with Crippen LogP contribution in [0.5, 0.6) is 0 Å². The first kappa shape index (κ1) is 20.2. The average molecular weight is 426 g/mol. The van der Waals surface area contributed by atoms with Gasteiger partial charge in [-0.3, -0.25) is 20.4 Å². The Bertz CT molecular complexity index is 1010. The Labute approximate surface area is 166 Å². The van der Waals surface area contributed by atoms with Crippen LogP contribution in [0.25, 0.3) is 0 Å². The molecule has 2 N–H and O–H groups in total. The van der Waals surface area contributed by atoms with Crippen molar-refractivity contribution in [3.8, 4) is 0 Å². The molecular weight excluding hydrogens is 409 g/mol. The molecule has 2 aromatic rings. The van der Waals surface area contributed by atoms with Gasteiger partial charge in [-0.2, -0.15) is 4.31 Å². The van der Waals surface area contributed by atoms with Gasteiger partial charge in [0.15, 0.2) is 0 Å². The molecule has 10 heteroatoms. The molecule has 2 aromatic carbocycles. The fourth-order valence-electron chi connectivity index (χ4n) is 2.77. The van der Waals surface area contributed by atoms with Crippen molar-refractivity contribution in [1.29, 1.82) is 0 Å². The molecule has 0 aliphatic carbocycles. The summed E-state index contributed by atoms with van der Waals surface area (Å²) in [5.41, 5.74) is 4.55. The van der Waals surface area contributed by atoms with Gasteiger partial charge in [0.25, 0.3) is 11.8 Å². The SMILES string of the molecule is O=C(NNC(=O)c1ccc(F)c(S(=O)(=O)N2CCCC2)c1)c1ccc(Cl)cc1. The lowest BCUT2D eigenvalue weighted by molar-refractivity contribution is 0.0846. The smallest absolute Gasteiger partial charge is 0.267 e. The Kier molecular flexibility index (Phi) is 5.97. The van der Waals surface area contributed by atoms with Gasteiger partial charge in [0.2, 0.25) is 10.0 Å². The normalized spacial score (nSPS) is 14.6. The average Bonchev–Trinajstić information content (AvgIpc) is 3.22. The van der Waals surface area contributed by atoms with Gasteiger partial charge in [-0.05, 0) is 55.3 Å². The van der Waals surface area contributed by atoms with Crippen molar-refractivity contribution in [1.82, 2.24) is 15.2 Å². The van der Waals surface area contributed by atoms with Gasteiger partial charge in [-0.25, -0.2) is 12.8 Å². The van der Waals surface area contributed by atoms with E-state index in [9.17, 15) is 22.4 Å². The Balaban J connectivity index is 1.73. The van der Waals surface area contributed by atoms with Crippen LogP contribution in [0.4, 0.5) is 4.39 Å². The van der Waals surface area contributed by atoms with Crippen LogP contribution in [0.3, 0.4) is 0 Å². The van der Waals surface area contributed by atoms with Crippen molar-refractivity contribution >= 4 is 33.4 Å². The lowest BCUT2D eigenvalue weighted by atomic mass is 10.2. The van der Waals surface area contributed by atoms with Crippen LogP contribution in [-0.4, -0.2) is 37.6 Å². The zero-order chi connectivity index (χ0) is 20.3. The molecule has 0 atom stereocenters. The summed E-state index contributed by atoms with van der Waals surface area (Å²) in [6.07, 6.45) is 1.41. The Morgan fingerprint density at radius 3 is 2.07 bits per heavy atom. The van der Waals surface area contributed by atoms with Crippen LogP contribution in [0, 0.1) is 5.82 Å². The highest BCUT2D eigenvalue weighted by atomic mass is 35.5. The Morgan fingerprint density at radius 2 is 1.46 bits per heavy atom. The second-order valence-electron chi connectivity index (χ2n) is 6.17. The van der Waals surface area contributed by atoms with Gasteiger partial charge in [0.05, 0.1) is 0 Å². The molecule has 0 radical (unpaired) electrons. The molecule has 0 saturated carbocycles. The highest BCUT2D eigenvalue weighted by Gasteiger charge is 2.30. The Hall–Kier alpha value is -2.49. The molecule has 7 nitrogen and oxygen atoms in total. The largest absolute Gasteiger partial charge is 0.269 e. The minimum absolute atomic E-state index is 0.101. The maximum absolute atomic E-state index is 14.1. The maximum atomic E-state index is 14.1. The molecule has 3 rings (SSSR count). The number of carbonyl (C=O) groups is 2. The second-order valence-corrected chi connectivity index (χ2v) is 8.51. The quantitative estimate of drug-likeness (QED) is 0.735. The van der Waals surface area contributed by atoms with Gasteiger partial charge < -0.3 is 0 Å². The standard InChI is InChI=1S/C18H17ClFN3O4S/c19-14-6-3-12(4-7-14)17(24)21-22-18(25)13-5-8-15(20)16(11-13)28(26,27)23-9-1-2-10-23/h3-8,11H,1-2,9-10H2,(H,21,24)(H,22,25). The molecular formula is C18H17ClFN3O4S. The molecule has 0 spiro atoms. The molecule has 0 unspecified atom stereocenters. The van der Waals surface area contributed by atoms with Gasteiger partial charge in [-0.15, -0.1) is 0 Å². The fraction of sp³-hybridized carbons (Fsp3) is 0.222. The minimum Gasteiger partial charge on any atom is -0.267 e.